The molecule has 0 aliphatic carbocycles. The lowest BCUT2D eigenvalue weighted by Crippen LogP contribution is -2.42. The maximum atomic E-state index is 13.1. The fourth-order valence-corrected chi connectivity index (χ4v) is 2.48. The fourth-order valence-electron chi connectivity index (χ4n) is 2.48. The Balaban J connectivity index is 1.83. The number of hydrogen-bond donors (Lipinski definition) is 1. The van der Waals surface area contributed by atoms with Gasteiger partial charge in [0.15, 0.2) is 0 Å². The molecule has 4 nitrogen and oxygen atoms in total. The van der Waals surface area contributed by atoms with Gasteiger partial charge in [-0.15, -0.1) is 0 Å². The van der Waals surface area contributed by atoms with Gasteiger partial charge in [-0.25, -0.2) is 4.39 Å². The molecule has 0 fully saturated rings. The van der Waals surface area contributed by atoms with E-state index in [1.165, 1.54) is 6.07 Å². The molecule has 0 saturated heterocycles. The van der Waals surface area contributed by atoms with Crippen molar-refractivity contribution in [3.8, 4) is 5.75 Å². The SMILES string of the molecule is COCC(N)CN(C)CC1Cc2cc(F)ccc2O1. The zero-order chi connectivity index (χ0) is 13.8. The lowest BCUT2D eigenvalue weighted by atomic mass is 10.1. The number of likely N-dealkylation sites (N-methyl/N-ethyl adjacent to an activating group) is 1. The standard InChI is InChI=1S/C14H21FN2O2/c1-17(7-12(16)9-18-2)8-13-6-10-5-11(15)3-4-14(10)19-13/h3-5,12-13H,6-9,16H2,1-2H3. The van der Waals surface area contributed by atoms with Crippen molar-refractivity contribution in [3.05, 3.63) is 29.6 Å². The van der Waals surface area contributed by atoms with Crippen molar-refractivity contribution in [1.29, 1.82) is 0 Å². The average Bonchev–Trinajstić information content (AvgIpc) is 2.70. The lowest BCUT2D eigenvalue weighted by molar-refractivity contribution is 0.135. The van der Waals surface area contributed by atoms with Gasteiger partial charge < -0.3 is 20.1 Å². The molecular formula is C14H21FN2O2. The third-order valence-electron chi connectivity index (χ3n) is 3.21. The van der Waals surface area contributed by atoms with Crippen LogP contribution >= 0.6 is 0 Å². The first-order valence-corrected chi connectivity index (χ1v) is 6.46. The smallest absolute Gasteiger partial charge is 0.123 e. The maximum absolute atomic E-state index is 13.1. The Morgan fingerprint density at radius 3 is 3.11 bits per heavy atom. The topological polar surface area (TPSA) is 47.7 Å². The van der Waals surface area contributed by atoms with Gasteiger partial charge in [0.25, 0.3) is 0 Å². The number of halogens is 1. The number of ether oxygens (including phenoxy) is 2. The van der Waals surface area contributed by atoms with E-state index < -0.39 is 0 Å². The average molecular weight is 268 g/mol. The molecule has 0 amide bonds. The molecule has 19 heavy (non-hydrogen) atoms. The van der Waals surface area contributed by atoms with Gasteiger partial charge in [-0.2, -0.15) is 0 Å². The van der Waals surface area contributed by atoms with E-state index in [4.69, 9.17) is 15.2 Å². The Labute approximate surface area is 113 Å². The molecule has 1 aliphatic rings. The summed E-state index contributed by atoms with van der Waals surface area (Å²) in [5.41, 5.74) is 6.85. The van der Waals surface area contributed by atoms with Gasteiger partial charge in [0.05, 0.1) is 6.61 Å². The van der Waals surface area contributed by atoms with Crippen LogP contribution in [0.25, 0.3) is 0 Å². The summed E-state index contributed by atoms with van der Waals surface area (Å²) in [4.78, 5) is 2.12. The lowest BCUT2D eigenvalue weighted by Gasteiger charge is -2.23. The Morgan fingerprint density at radius 1 is 1.58 bits per heavy atom. The van der Waals surface area contributed by atoms with Crippen LogP contribution in [0.1, 0.15) is 5.56 Å². The van der Waals surface area contributed by atoms with Crippen LogP contribution in [0.4, 0.5) is 4.39 Å². The molecule has 2 atom stereocenters. The molecule has 0 spiro atoms. The Kier molecular flexibility index (Phi) is 4.74. The van der Waals surface area contributed by atoms with Gasteiger partial charge in [-0.05, 0) is 25.2 Å². The number of nitrogens with two attached hydrogens (primary N) is 1. The first kappa shape index (κ1) is 14.2. The molecule has 0 saturated carbocycles. The van der Waals surface area contributed by atoms with E-state index in [9.17, 15) is 4.39 Å². The van der Waals surface area contributed by atoms with Crippen molar-refractivity contribution in [1.82, 2.24) is 4.90 Å². The molecular weight excluding hydrogens is 247 g/mol. The number of fused-ring (bicyclic) bond motifs is 1. The van der Waals surface area contributed by atoms with Gasteiger partial charge in [-0.3, -0.25) is 0 Å². The molecule has 2 unspecified atom stereocenters. The van der Waals surface area contributed by atoms with Crippen LogP contribution in [0, 0.1) is 5.82 Å². The predicted octanol–water partition coefficient (Wildman–Crippen LogP) is 1.03. The summed E-state index contributed by atoms with van der Waals surface area (Å²) in [5.74, 6) is 0.583. The molecule has 1 aliphatic heterocycles. The summed E-state index contributed by atoms with van der Waals surface area (Å²) < 4.78 is 23.9. The second-order valence-electron chi connectivity index (χ2n) is 5.13. The van der Waals surface area contributed by atoms with E-state index >= 15 is 0 Å². The third-order valence-corrected chi connectivity index (χ3v) is 3.21. The van der Waals surface area contributed by atoms with Gasteiger partial charge >= 0.3 is 0 Å². The maximum Gasteiger partial charge on any atom is 0.123 e. The van der Waals surface area contributed by atoms with Crippen molar-refractivity contribution in [2.24, 2.45) is 5.73 Å². The van der Waals surface area contributed by atoms with E-state index in [1.54, 1.807) is 19.2 Å². The molecule has 0 aromatic heterocycles. The third kappa shape index (κ3) is 3.89. The zero-order valence-electron chi connectivity index (χ0n) is 11.4. The minimum atomic E-state index is -0.210. The van der Waals surface area contributed by atoms with E-state index in [1.807, 2.05) is 7.05 Å². The van der Waals surface area contributed by atoms with Crippen LogP contribution in [-0.4, -0.2) is 50.9 Å². The van der Waals surface area contributed by atoms with Crippen LogP contribution in [0.2, 0.25) is 0 Å². The highest BCUT2D eigenvalue weighted by atomic mass is 19.1. The minimum Gasteiger partial charge on any atom is -0.488 e. The number of methoxy groups -OCH3 is 1. The molecule has 2 rings (SSSR count). The highest BCUT2D eigenvalue weighted by Crippen LogP contribution is 2.29. The second kappa shape index (κ2) is 6.32. The summed E-state index contributed by atoms with van der Waals surface area (Å²) in [6.07, 6.45) is 0.813. The minimum absolute atomic E-state index is 0.00350. The number of rotatable bonds is 6. The van der Waals surface area contributed by atoms with Crippen LogP contribution in [0.5, 0.6) is 5.75 Å². The van der Waals surface area contributed by atoms with Gasteiger partial charge in [-0.1, -0.05) is 0 Å². The van der Waals surface area contributed by atoms with Crippen molar-refractivity contribution < 1.29 is 13.9 Å². The quantitative estimate of drug-likeness (QED) is 0.837. The normalized spacial score (nSPS) is 19.3. The van der Waals surface area contributed by atoms with Gasteiger partial charge in [0, 0.05) is 38.2 Å². The molecule has 106 valence electrons. The van der Waals surface area contributed by atoms with Crippen LogP contribution in [0.15, 0.2) is 18.2 Å². The van der Waals surface area contributed by atoms with Crippen LogP contribution in [-0.2, 0) is 11.2 Å². The Morgan fingerprint density at radius 2 is 2.37 bits per heavy atom. The highest BCUT2D eigenvalue weighted by Gasteiger charge is 2.24. The van der Waals surface area contributed by atoms with E-state index in [-0.39, 0.29) is 18.0 Å². The Hall–Kier alpha value is -1.17. The number of nitrogens with zero attached hydrogens (tertiary/aromatic N) is 1. The monoisotopic (exact) mass is 268 g/mol. The van der Waals surface area contributed by atoms with Crippen molar-refractivity contribution in [3.63, 3.8) is 0 Å². The largest absolute Gasteiger partial charge is 0.488 e. The molecule has 0 radical (unpaired) electrons. The summed E-state index contributed by atoms with van der Waals surface area (Å²) in [5, 5.41) is 0. The fraction of sp³-hybridized carbons (Fsp3) is 0.571. The molecule has 2 N–H and O–H groups in total. The van der Waals surface area contributed by atoms with Crippen molar-refractivity contribution in [2.45, 2.75) is 18.6 Å². The number of hydrogen-bond acceptors (Lipinski definition) is 4. The van der Waals surface area contributed by atoms with Crippen molar-refractivity contribution >= 4 is 0 Å². The number of benzene rings is 1. The van der Waals surface area contributed by atoms with Crippen LogP contribution in [0.3, 0.4) is 0 Å². The molecule has 0 bridgehead atoms. The van der Waals surface area contributed by atoms with E-state index in [0.717, 1.165) is 30.8 Å². The Bertz CT molecular complexity index is 428. The molecule has 1 aromatic carbocycles. The summed E-state index contributed by atoms with van der Waals surface area (Å²) in [6.45, 7) is 2.06. The first-order chi connectivity index (χ1) is 9.08. The van der Waals surface area contributed by atoms with E-state index in [0.29, 0.717) is 6.61 Å². The van der Waals surface area contributed by atoms with Gasteiger partial charge in [0.1, 0.15) is 17.7 Å². The predicted molar refractivity (Wildman–Crippen MR) is 71.9 cm³/mol. The molecule has 5 heteroatoms. The van der Waals surface area contributed by atoms with Gasteiger partial charge in [0.2, 0.25) is 0 Å². The van der Waals surface area contributed by atoms with Crippen LogP contribution < -0.4 is 10.5 Å². The zero-order valence-corrected chi connectivity index (χ0v) is 11.4. The summed E-state index contributed by atoms with van der Waals surface area (Å²) >= 11 is 0. The second-order valence-corrected chi connectivity index (χ2v) is 5.13. The van der Waals surface area contributed by atoms with E-state index in [2.05, 4.69) is 4.90 Å². The highest BCUT2D eigenvalue weighted by molar-refractivity contribution is 5.37. The molecule has 1 aromatic rings. The summed E-state index contributed by atoms with van der Waals surface area (Å²) in [6, 6.07) is 4.67. The van der Waals surface area contributed by atoms with Crippen molar-refractivity contribution in [2.75, 3.05) is 33.9 Å². The molecule has 1 heterocycles. The summed E-state index contributed by atoms with van der Waals surface area (Å²) in [7, 11) is 3.65. The first-order valence-electron chi connectivity index (χ1n) is 6.46.